The highest BCUT2D eigenvalue weighted by atomic mass is 32.1. The molecule has 1 saturated heterocycles. The van der Waals surface area contributed by atoms with Gasteiger partial charge >= 0.3 is 0 Å². The second-order valence-electron chi connectivity index (χ2n) is 2.94. The van der Waals surface area contributed by atoms with Crippen molar-refractivity contribution in [3.63, 3.8) is 0 Å². The van der Waals surface area contributed by atoms with E-state index >= 15 is 0 Å². The van der Waals surface area contributed by atoms with Crippen LogP contribution >= 0.6 is 11.3 Å². The highest BCUT2D eigenvalue weighted by molar-refractivity contribution is 7.10. The van der Waals surface area contributed by atoms with E-state index < -0.39 is 0 Å². The highest BCUT2D eigenvalue weighted by Crippen LogP contribution is 2.25. The van der Waals surface area contributed by atoms with Gasteiger partial charge in [-0.1, -0.05) is 6.07 Å². The standard InChI is InChI=1S/C8H12N2S/c9-7-5-10-4-6(7)8-2-1-3-11-8/h1-3,6-7,10H,4-5,9H2. The van der Waals surface area contributed by atoms with Crippen molar-refractivity contribution < 1.29 is 0 Å². The molecule has 60 valence electrons. The largest absolute Gasteiger partial charge is 0.326 e. The van der Waals surface area contributed by atoms with Gasteiger partial charge in [-0.15, -0.1) is 11.3 Å². The van der Waals surface area contributed by atoms with Crippen LogP contribution < -0.4 is 11.1 Å². The van der Waals surface area contributed by atoms with Crippen molar-refractivity contribution in [2.45, 2.75) is 12.0 Å². The van der Waals surface area contributed by atoms with E-state index in [1.807, 2.05) is 0 Å². The minimum atomic E-state index is 0.314. The normalized spacial score (nSPS) is 31.0. The van der Waals surface area contributed by atoms with Crippen LogP contribution in [-0.2, 0) is 0 Å². The summed E-state index contributed by atoms with van der Waals surface area (Å²) in [7, 11) is 0. The molecule has 2 nitrogen and oxygen atoms in total. The summed E-state index contributed by atoms with van der Waals surface area (Å²) in [5.74, 6) is 0.551. The van der Waals surface area contributed by atoms with Gasteiger partial charge in [0.1, 0.15) is 0 Å². The molecular formula is C8H12N2S. The molecule has 2 heterocycles. The Morgan fingerprint density at radius 2 is 2.45 bits per heavy atom. The van der Waals surface area contributed by atoms with Gasteiger partial charge in [0.05, 0.1) is 0 Å². The molecule has 1 fully saturated rings. The molecule has 0 spiro atoms. The molecule has 1 aliphatic rings. The number of nitrogens with one attached hydrogen (secondary N) is 1. The average Bonchev–Trinajstić information content (AvgIpc) is 2.55. The van der Waals surface area contributed by atoms with Crippen LogP contribution in [0.2, 0.25) is 0 Å². The molecule has 0 radical (unpaired) electrons. The molecule has 2 unspecified atom stereocenters. The lowest BCUT2D eigenvalue weighted by molar-refractivity contribution is 0.663. The summed E-state index contributed by atoms with van der Waals surface area (Å²) in [4.78, 5) is 1.42. The fraction of sp³-hybridized carbons (Fsp3) is 0.500. The quantitative estimate of drug-likeness (QED) is 0.650. The Hall–Kier alpha value is -0.380. The van der Waals surface area contributed by atoms with Crippen LogP contribution in [0, 0.1) is 0 Å². The molecule has 1 aliphatic heterocycles. The Morgan fingerprint density at radius 3 is 3.00 bits per heavy atom. The average molecular weight is 168 g/mol. The maximum absolute atomic E-state index is 5.91. The van der Waals surface area contributed by atoms with Gasteiger partial charge in [0.15, 0.2) is 0 Å². The first kappa shape index (κ1) is 7.28. The van der Waals surface area contributed by atoms with E-state index in [9.17, 15) is 0 Å². The molecule has 0 bridgehead atoms. The van der Waals surface area contributed by atoms with Crippen LogP contribution in [0.3, 0.4) is 0 Å². The smallest absolute Gasteiger partial charge is 0.0255 e. The summed E-state index contributed by atoms with van der Waals surface area (Å²) in [5, 5.41) is 5.40. The fourth-order valence-corrected chi connectivity index (χ4v) is 2.42. The van der Waals surface area contributed by atoms with E-state index in [1.165, 1.54) is 4.88 Å². The molecule has 2 atom stereocenters. The highest BCUT2D eigenvalue weighted by Gasteiger charge is 2.25. The molecule has 0 saturated carbocycles. The first-order chi connectivity index (χ1) is 5.38. The lowest BCUT2D eigenvalue weighted by Gasteiger charge is -2.10. The third-order valence-corrected chi connectivity index (χ3v) is 3.17. The summed E-state index contributed by atoms with van der Waals surface area (Å²) in [5.41, 5.74) is 5.91. The second kappa shape index (κ2) is 2.93. The molecule has 0 amide bonds. The Morgan fingerprint density at radius 1 is 1.55 bits per heavy atom. The van der Waals surface area contributed by atoms with E-state index in [1.54, 1.807) is 11.3 Å². The van der Waals surface area contributed by atoms with Crippen molar-refractivity contribution in [2.24, 2.45) is 5.73 Å². The Bertz CT molecular complexity index is 220. The van der Waals surface area contributed by atoms with Crippen LogP contribution in [0.15, 0.2) is 17.5 Å². The minimum absolute atomic E-state index is 0.314. The van der Waals surface area contributed by atoms with E-state index in [0.717, 1.165) is 13.1 Å². The van der Waals surface area contributed by atoms with E-state index in [-0.39, 0.29) is 0 Å². The van der Waals surface area contributed by atoms with Crippen LogP contribution in [0.1, 0.15) is 10.8 Å². The number of rotatable bonds is 1. The van der Waals surface area contributed by atoms with E-state index in [2.05, 4.69) is 22.8 Å². The van der Waals surface area contributed by atoms with E-state index in [0.29, 0.717) is 12.0 Å². The van der Waals surface area contributed by atoms with E-state index in [4.69, 9.17) is 5.73 Å². The molecule has 11 heavy (non-hydrogen) atoms. The van der Waals surface area contributed by atoms with Gasteiger partial charge in [-0.05, 0) is 11.4 Å². The number of thiophene rings is 1. The summed E-state index contributed by atoms with van der Waals surface area (Å²) in [6.45, 7) is 2.00. The topological polar surface area (TPSA) is 38.0 Å². The Labute approximate surface area is 70.4 Å². The van der Waals surface area contributed by atoms with Gasteiger partial charge in [-0.3, -0.25) is 0 Å². The molecule has 1 aromatic rings. The lowest BCUT2D eigenvalue weighted by atomic mass is 10.0. The number of nitrogens with two attached hydrogens (primary N) is 1. The molecule has 0 aromatic carbocycles. The first-order valence-electron chi connectivity index (χ1n) is 3.87. The van der Waals surface area contributed by atoms with Crippen molar-refractivity contribution in [3.8, 4) is 0 Å². The van der Waals surface area contributed by atoms with Crippen molar-refractivity contribution in [3.05, 3.63) is 22.4 Å². The maximum Gasteiger partial charge on any atom is 0.0255 e. The molecule has 1 aromatic heterocycles. The summed E-state index contributed by atoms with van der Waals surface area (Å²) in [6, 6.07) is 4.57. The summed E-state index contributed by atoms with van der Waals surface area (Å²) >= 11 is 1.80. The Kier molecular flexibility index (Phi) is 1.94. The van der Waals surface area contributed by atoms with Crippen LogP contribution in [0.5, 0.6) is 0 Å². The maximum atomic E-state index is 5.91. The first-order valence-corrected chi connectivity index (χ1v) is 4.75. The molecular weight excluding hydrogens is 156 g/mol. The zero-order chi connectivity index (χ0) is 7.68. The third-order valence-electron chi connectivity index (χ3n) is 2.17. The van der Waals surface area contributed by atoms with Crippen molar-refractivity contribution >= 4 is 11.3 Å². The van der Waals surface area contributed by atoms with Crippen molar-refractivity contribution in [1.29, 1.82) is 0 Å². The number of hydrogen-bond acceptors (Lipinski definition) is 3. The number of hydrogen-bond donors (Lipinski definition) is 2. The van der Waals surface area contributed by atoms with Gasteiger partial charge in [0.25, 0.3) is 0 Å². The summed E-state index contributed by atoms with van der Waals surface area (Å²) < 4.78 is 0. The molecule has 2 rings (SSSR count). The Balaban J connectivity index is 2.16. The van der Waals surface area contributed by atoms with Crippen molar-refractivity contribution in [2.75, 3.05) is 13.1 Å². The zero-order valence-corrected chi connectivity index (χ0v) is 7.10. The van der Waals surface area contributed by atoms with Crippen molar-refractivity contribution in [1.82, 2.24) is 5.32 Å². The molecule has 3 N–H and O–H groups in total. The van der Waals surface area contributed by atoms with Gasteiger partial charge < -0.3 is 11.1 Å². The third kappa shape index (κ3) is 1.31. The van der Waals surface area contributed by atoms with Gasteiger partial charge in [0.2, 0.25) is 0 Å². The summed E-state index contributed by atoms with van der Waals surface area (Å²) in [6.07, 6.45) is 0. The van der Waals surface area contributed by atoms with Gasteiger partial charge in [-0.25, -0.2) is 0 Å². The molecule has 3 heteroatoms. The van der Waals surface area contributed by atoms with Crippen LogP contribution in [-0.4, -0.2) is 19.1 Å². The fourth-order valence-electron chi connectivity index (χ4n) is 1.51. The van der Waals surface area contributed by atoms with Crippen LogP contribution in [0.4, 0.5) is 0 Å². The predicted molar refractivity (Wildman–Crippen MR) is 47.9 cm³/mol. The second-order valence-corrected chi connectivity index (χ2v) is 3.92. The SMILES string of the molecule is NC1CNCC1c1cccs1. The predicted octanol–water partition coefficient (Wildman–Crippen LogP) is 0.762. The van der Waals surface area contributed by atoms with Crippen LogP contribution in [0.25, 0.3) is 0 Å². The monoisotopic (exact) mass is 168 g/mol. The minimum Gasteiger partial charge on any atom is -0.326 e. The van der Waals surface area contributed by atoms with Gasteiger partial charge in [0, 0.05) is 29.9 Å². The lowest BCUT2D eigenvalue weighted by Crippen LogP contribution is -2.27. The van der Waals surface area contributed by atoms with Gasteiger partial charge in [-0.2, -0.15) is 0 Å². The molecule has 0 aliphatic carbocycles. The zero-order valence-electron chi connectivity index (χ0n) is 6.29.